The second-order valence-electron chi connectivity index (χ2n) is 7.36. The van der Waals surface area contributed by atoms with Gasteiger partial charge in [0.1, 0.15) is 5.82 Å². The average molecular weight is 318 g/mol. The van der Waals surface area contributed by atoms with E-state index < -0.39 is 0 Å². The van der Waals surface area contributed by atoms with Crippen LogP contribution in [0.25, 0.3) is 11.0 Å². The molecule has 1 aliphatic carbocycles. The Balaban J connectivity index is 1.80. The quantitative estimate of drug-likeness (QED) is 0.640. The van der Waals surface area contributed by atoms with Crippen LogP contribution in [-0.4, -0.2) is 9.97 Å². The predicted octanol–water partition coefficient (Wildman–Crippen LogP) is 5.89. The smallest absolute Gasteiger partial charge is 0.115 e. The summed E-state index contributed by atoms with van der Waals surface area (Å²) < 4.78 is 0. The lowest BCUT2D eigenvalue weighted by Gasteiger charge is -2.29. The van der Waals surface area contributed by atoms with Gasteiger partial charge in [0.25, 0.3) is 0 Å². The highest BCUT2D eigenvalue weighted by Gasteiger charge is 2.28. The van der Waals surface area contributed by atoms with Gasteiger partial charge < -0.3 is 4.98 Å². The fraction of sp³-hybridized carbons (Fsp3) is 0.409. The molecule has 0 aliphatic heterocycles. The number of nitrogens with one attached hydrogen (secondary N) is 1. The van der Waals surface area contributed by atoms with E-state index in [1.807, 2.05) is 0 Å². The maximum atomic E-state index is 5.01. The van der Waals surface area contributed by atoms with Gasteiger partial charge in [0.15, 0.2) is 0 Å². The molecule has 124 valence electrons. The molecule has 24 heavy (non-hydrogen) atoms. The van der Waals surface area contributed by atoms with Crippen LogP contribution in [0.1, 0.15) is 60.5 Å². The number of fused-ring (bicyclic) bond motifs is 1. The van der Waals surface area contributed by atoms with Crippen LogP contribution in [0.3, 0.4) is 0 Å². The molecule has 1 saturated carbocycles. The van der Waals surface area contributed by atoms with Gasteiger partial charge in [-0.15, -0.1) is 0 Å². The standard InChI is InChI=1S/C22H26N2/c1-15-13-19-20(14-16(15)2)24-22(23-19)21(17-9-5-3-6-10-17)18-11-7-4-8-12-18/h3,5-6,9-10,13-14,18,21H,4,7-8,11-12H2,1-2H3,(H,23,24). The number of H-pyrrole nitrogens is 1. The van der Waals surface area contributed by atoms with Crippen LogP contribution < -0.4 is 0 Å². The molecule has 4 rings (SSSR count). The Morgan fingerprint density at radius 1 is 0.958 bits per heavy atom. The van der Waals surface area contributed by atoms with Crippen LogP contribution in [0.4, 0.5) is 0 Å². The van der Waals surface area contributed by atoms with Crippen LogP contribution in [0.2, 0.25) is 0 Å². The third-order valence-corrected chi connectivity index (χ3v) is 5.69. The van der Waals surface area contributed by atoms with Crippen molar-refractivity contribution in [2.24, 2.45) is 5.92 Å². The number of aromatic nitrogens is 2. The second-order valence-corrected chi connectivity index (χ2v) is 7.36. The molecule has 2 nitrogen and oxygen atoms in total. The fourth-order valence-electron chi connectivity index (χ4n) is 4.22. The Kier molecular flexibility index (Phi) is 4.13. The van der Waals surface area contributed by atoms with Crippen molar-refractivity contribution in [2.75, 3.05) is 0 Å². The minimum atomic E-state index is 0.388. The van der Waals surface area contributed by atoms with Gasteiger partial charge in [-0.1, -0.05) is 49.6 Å². The van der Waals surface area contributed by atoms with E-state index in [4.69, 9.17) is 4.98 Å². The summed E-state index contributed by atoms with van der Waals surface area (Å²) in [4.78, 5) is 8.66. The normalized spacial score (nSPS) is 17.2. The van der Waals surface area contributed by atoms with Gasteiger partial charge in [0.2, 0.25) is 0 Å². The Hall–Kier alpha value is -2.09. The third-order valence-electron chi connectivity index (χ3n) is 5.69. The number of aryl methyl sites for hydroxylation is 2. The van der Waals surface area contributed by atoms with Gasteiger partial charge in [0, 0.05) is 5.92 Å². The van der Waals surface area contributed by atoms with Crippen molar-refractivity contribution in [3.63, 3.8) is 0 Å². The lowest BCUT2D eigenvalue weighted by atomic mass is 9.76. The van der Waals surface area contributed by atoms with Crippen molar-refractivity contribution < 1.29 is 0 Å². The summed E-state index contributed by atoms with van der Waals surface area (Å²) >= 11 is 0. The number of imidazole rings is 1. The fourth-order valence-corrected chi connectivity index (χ4v) is 4.22. The van der Waals surface area contributed by atoms with Crippen molar-refractivity contribution in [1.82, 2.24) is 9.97 Å². The molecule has 1 aromatic heterocycles. The number of aromatic amines is 1. The third kappa shape index (κ3) is 2.86. The molecule has 0 bridgehead atoms. The molecule has 2 heteroatoms. The van der Waals surface area contributed by atoms with Crippen LogP contribution in [0, 0.1) is 19.8 Å². The molecule has 1 heterocycles. The maximum Gasteiger partial charge on any atom is 0.115 e. The monoisotopic (exact) mass is 318 g/mol. The number of hydrogen-bond donors (Lipinski definition) is 1. The van der Waals surface area contributed by atoms with Crippen LogP contribution in [-0.2, 0) is 0 Å². The first-order chi connectivity index (χ1) is 11.7. The lowest BCUT2D eigenvalue weighted by Crippen LogP contribution is -2.18. The lowest BCUT2D eigenvalue weighted by molar-refractivity contribution is 0.322. The molecular formula is C22H26N2. The van der Waals surface area contributed by atoms with Crippen LogP contribution >= 0.6 is 0 Å². The van der Waals surface area contributed by atoms with Crippen molar-refractivity contribution in [3.05, 3.63) is 65.0 Å². The SMILES string of the molecule is Cc1cc2nc(C(c3ccccc3)C3CCCCC3)[nH]c2cc1C. The van der Waals surface area contributed by atoms with Crippen LogP contribution in [0.5, 0.6) is 0 Å². The van der Waals surface area contributed by atoms with Gasteiger partial charge in [-0.2, -0.15) is 0 Å². The largest absolute Gasteiger partial charge is 0.341 e. The van der Waals surface area contributed by atoms with Gasteiger partial charge >= 0.3 is 0 Å². The molecule has 1 atom stereocenters. The van der Waals surface area contributed by atoms with Gasteiger partial charge in [-0.3, -0.25) is 0 Å². The highest BCUT2D eigenvalue weighted by molar-refractivity contribution is 5.77. The van der Waals surface area contributed by atoms with E-state index in [2.05, 4.69) is 61.3 Å². The summed E-state index contributed by atoms with van der Waals surface area (Å²) in [5.74, 6) is 2.23. The second kappa shape index (κ2) is 6.43. The number of rotatable bonds is 3. The van der Waals surface area contributed by atoms with E-state index in [0.29, 0.717) is 11.8 Å². The molecule has 3 aromatic rings. The topological polar surface area (TPSA) is 28.7 Å². The van der Waals surface area contributed by atoms with Crippen molar-refractivity contribution in [3.8, 4) is 0 Å². The highest BCUT2D eigenvalue weighted by Crippen LogP contribution is 2.40. The summed E-state index contributed by atoms with van der Waals surface area (Å²) in [7, 11) is 0. The van der Waals surface area contributed by atoms with Gasteiger partial charge in [-0.25, -0.2) is 4.98 Å². The molecule has 1 aliphatic rings. The van der Waals surface area contributed by atoms with E-state index in [9.17, 15) is 0 Å². The zero-order valence-electron chi connectivity index (χ0n) is 14.7. The highest BCUT2D eigenvalue weighted by atomic mass is 14.9. The van der Waals surface area contributed by atoms with E-state index in [0.717, 1.165) is 11.3 Å². The van der Waals surface area contributed by atoms with E-state index in [-0.39, 0.29) is 0 Å². The molecule has 0 amide bonds. The molecule has 0 spiro atoms. The Labute approximate surface area is 144 Å². The van der Waals surface area contributed by atoms with Crippen molar-refractivity contribution in [2.45, 2.75) is 51.9 Å². The molecule has 0 saturated heterocycles. The summed E-state index contributed by atoms with van der Waals surface area (Å²) in [5.41, 5.74) is 6.31. The zero-order chi connectivity index (χ0) is 16.5. The summed E-state index contributed by atoms with van der Waals surface area (Å²) in [6, 6.07) is 15.4. The van der Waals surface area contributed by atoms with E-state index in [1.165, 1.54) is 54.3 Å². The average Bonchev–Trinajstić information content (AvgIpc) is 2.99. The summed E-state index contributed by atoms with van der Waals surface area (Å²) in [6.07, 6.45) is 6.72. The molecule has 2 aromatic carbocycles. The predicted molar refractivity (Wildman–Crippen MR) is 100 cm³/mol. The number of benzene rings is 2. The minimum Gasteiger partial charge on any atom is -0.341 e. The minimum absolute atomic E-state index is 0.388. The Morgan fingerprint density at radius 2 is 1.67 bits per heavy atom. The molecule has 0 radical (unpaired) electrons. The van der Waals surface area contributed by atoms with Gasteiger partial charge in [0.05, 0.1) is 11.0 Å². The number of hydrogen-bond acceptors (Lipinski definition) is 1. The Bertz CT molecular complexity index is 787. The van der Waals surface area contributed by atoms with Crippen molar-refractivity contribution in [1.29, 1.82) is 0 Å². The van der Waals surface area contributed by atoms with Crippen LogP contribution in [0.15, 0.2) is 42.5 Å². The first kappa shape index (κ1) is 15.4. The molecular weight excluding hydrogens is 292 g/mol. The molecule has 1 N–H and O–H groups in total. The maximum absolute atomic E-state index is 5.01. The molecule has 1 fully saturated rings. The summed E-state index contributed by atoms with van der Waals surface area (Å²) in [6.45, 7) is 4.34. The molecule has 1 unspecified atom stereocenters. The van der Waals surface area contributed by atoms with E-state index >= 15 is 0 Å². The van der Waals surface area contributed by atoms with E-state index in [1.54, 1.807) is 0 Å². The Morgan fingerprint density at radius 3 is 2.42 bits per heavy atom. The number of nitrogens with zero attached hydrogens (tertiary/aromatic N) is 1. The van der Waals surface area contributed by atoms with Gasteiger partial charge in [-0.05, 0) is 61.4 Å². The zero-order valence-corrected chi connectivity index (χ0v) is 14.7. The first-order valence-electron chi connectivity index (χ1n) is 9.24. The summed E-state index contributed by atoms with van der Waals surface area (Å²) in [5, 5.41) is 0. The first-order valence-corrected chi connectivity index (χ1v) is 9.24. The van der Waals surface area contributed by atoms with Crippen molar-refractivity contribution >= 4 is 11.0 Å².